The number of hydrogen-bond acceptors (Lipinski definition) is 3. The van der Waals surface area contributed by atoms with Crippen molar-refractivity contribution < 1.29 is 14.3 Å². The van der Waals surface area contributed by atoms with Crippen LogP contribution in [-0.2, 0) is 4.79 Å². The van der Waals surface area contributed by atoms with E-state index in [4.69, 9.17) is 0 Å². The molecule has 0 spiro atoms. The van der Waals surface area contributed by atoms with Crippen LogP contribution in [0, 0.1) is 5.82 Å². The maximum atomic E-state index is 14.4. The molecule has 2 N–H and O–H groups in total. The molecule has 3 aromatic rings. The van der Waals surface area contributed by atoms with Gasteiger partial charge in [0.2, 0.25) is 5.91 Å². The number of carbonyl (C=O) groups is 1. The monoisotopic (exact) mass is 390 g/mol. The number of carbonyl (C=O) groups excluding carboxylic acids is 1. The molecule has 5 nitrogen and oxygen atoms in total. The zero-order valence-corrected chi connectivity index (χ0v) is 14.1. The smallest absolute Gasteiger partial charge is 0.221 e. The van der Waals surface area contributed by atoms with Gasteiger partial charge in [0.25, 0.3) is 0 Å². The molecule has 0 saturated heterocycles. The second kappa shape index (κ2) is 6.09. The second-order valence-electron chi connectivity index (χ2n) is 5.21. The van der Waals surface area contributed by atoms with Crippen LogP contribution in [-0.4, -0.2) is 15.6 Å². The number of amides is 1. The van der Waals surface area contributed by atoms with E-state index >= 15 is 0 Å². The SMILES string of the molecule is CC(=O)Nc1cc(-n2ccc(=O)c3ccc(Br)cc32)c(F)cc1O. The molecule has 0 atom stereocenters. The third-order valence-corrected chi connectivity index (χ3v) is 3.99. The van der Waals surface area contributed by atoms with Crippen molar-refractivity contribution >= 4 is 38.4 Å². The highest BCUT2D eigenvalue weighted by Crippen LogP contribution is 2.30. The van der Waals surface area contributed by atoms with E-state index in [0.717, 1.165) is 10.5 Å². The summed E-state index contributed by atoms with van der Waals surface area (Å²) in [7, 11) is 0. The Morgan fingerprint density at radius 1 is 1.25 bits per heavy atom. The molecule has 0 saturated carbocycles. The molecule has 24 heavy (non-hydrogen) atoms. The number of fused-ring (bicyclic) bond motifs is 1. The van der Waals surface area contributed by atoms with Gasteiger partial charge in [-0.15, -0.1) is 0 Å². The molecule has 0 fully saturated rings. The first-order chi connectivity index (χ1) is 11.4. The maximum absolute atomic E-state index is 14.4. The lowest BCUT2D eigenvalue weighted by molar-refractivity contribution is -0.114. The summed E-state index contributed by atoms with van der Waals surface area (Å²) in [5, 5.41) is 12.7. The van der Waals surface area contributed by atoms with Crippen LogP contribution in [0.2, 0.25) is 0 Å². The zero-order chi connectivity index (χ0) is 17.4. The summed E-state index contributed by atoms with van der Waals surface area (Å²) in [6.45, 7) is 1.29. The van der Waals surface area contributed by atoms with E-state index in [0.29, 0.717) is 10.9 Å². The first-order valence-corrected chi connectivity index (χ1v) is 7.77. The number of pyridine rings is 1. The van der Waals surface area contributed by atoms with Crippen LogP contribution in [0.25, 0.3) is 16.6 Å². The molecule has 0 aliphatic rings. The molecule has 1 heterocycles. The van der Waals surface area contributed by atoms with E-state index in [1.165, 1.54) is 29.8 Å². The number of phenols is 1. The second-order valence-corrected chi connectivity index (χ2v) is 6.13. The number of aromatic hydroxyl groups is 1. The number of halogens is 2. The lowest BCUT2D eigenvalue weighted by atomic mass is 10.1. The van der Waals surface area contributed by atoms with Crippen molar-refractivity contribution in [2.75, 3.05) is 5.32 Å². The fourth-order valence-electron chi connectivity index (χ4n) is 2.46. The Morgan fingerprint density at radius 2 is 2.00 bits per heavy atom. The highest BCUT2D eigenvalue weighted by molar-refractivity contribution is 9.10. The van der Waals surface area contributed by atoms with Crippen molar-refractivity contribution in [3.8, 4) is 11.4 Å². The predicted octanol–water partition coefficient (Wildman–Crippen LogP) is 3.56. The molecular weight excluding hydrogens is 379 g/mol. The Kier molecular flexibility index (Phi) is 4.11. The quantitative estimate of drug-likeness (QED) is 0.657. The molecule has 122 valence electrons. The molecule has 3 rings (SSSR count). The van der Waals surface area contributed by atoms with Crippen LogP contribution in [0.5, 0.6) is 5.75 Å². The van der Waals surface area contributed by atoms with Crippen molar-refractivity contribution in [2.45, 2.75) is 6.92 Å². The lowest BCUT2D eigenvalue weighted by Gasteiger charge is -2.14. The summed E-state index contributed by atoms with van der Waals surface area (Å²) in [5.74, 6) is -1.46. The van der Waals surface area contributed by atoms with Gasteiger partial charge < -0.3 is 15.0 Å². The van der Waals surface area contributed by atoms with Gasteiger partial charge in [0, 0.05) is 35.1 Å². The van der Waals surface area contributed by atoms with Crippen molar-refractivity contribution in [1.82, 2.24) is 4.57 Å². The third-order valence-electron chi connectivity index (χ3n) is 3.50. The van der Waals surface area contributed by atoms with Crippen LogP contribution < -0.4 is 10.7 Å². The standard InChI is InChI=1S/C17H12BrFN2O3/c1-9(22)20-13-8-15(12(19)7-17(13)24)21-5-4-16(23)11-3-2-10(18)6-14(11)21/h2-8,24H,1H3,(H,20,22). The molecule has 2 aromatic carbocycles. The average molecular weight is 391 g/mol. The van der Waals surface area contributed by atoms with Crippen molar-refractivity contribution in [3.63, 3.8) is 0 Å². The summed E-state index contributed by atoms with van der Waals surface area (Å²) in [4.78, 5) is 23.2. The van der Waals surface area contributed by atoms with Crippen molar-refractivity contribution in [2.24, 2.45) is 0 Å². The largest absolute Gasteiger partial charge is 0.506 e. The van der Waals surface area contributed by atoms with Gasteiger partial charge in [-0.3, -0.25) is 9.59 Å². The highest BCUT2D eigenvalue weighted by Gasteiger charge is 2.14. The van der Waals surface area contributed by atoms with Gasteiger partial charge >= 0.3 is 0 Å². The first kappa shape index (κ1) is 16.2. The van der Waals surface area contributed by atoms with Gasteiger partial charge in [-0.1, -0.05) is 15.9 Å². The minimum absolute atomic E-state index is 0.0840. The topological polar surface area (TPSA) is 71.3 Å². The Labute approximate surface area is 144 Å². The van der Waals surface area contributed by atoms with Crippen molar-refractivity contribution in [1.29, 1.82) is 0 Å². The van der Waals surface area contributed by atoms with Crippen molar-refractivity contribution in [3.05, 3.63) is 63.1 Å². The first-order valence-electron chi connectivity index (χ1n) is 6.98. The molecule has 0 aliphatic heterocycles. The van der Waals surface area contributed by atoms with Crippen LogP contribution in [0.4, 0.5) is 10.1 Å². The molecule has 0 aliphatic carbocycles. The fourth-order valence-corrected chi connectivity index (χ4v) is 2.81. The lowest BCUT2D eigenvalue weighted by Crippen LogP contribution is -2.10. The Hall–Kier alpha value is -2.67. The number of aromatic nitrogens is 1. The molecule has 0 bridgehead atoms. The summed E-state index contributed by atoms with van der Waals surface area (Å²) in [5.41, 5.74) is 0.491. The summed E-state index contributed by atoms with van der Waals surface area (Å²) < 4.78 is 16.6. The van der Waals surface area contributed by atoms with Gasteiger partial charge in [0.15, 0.2) is 11.2 Å². The van der Waals surface area contributed by atoms with Crippen LogP contribution in [0.1, 0.15) is 6.92 Å². The number of anilines is 1. The van der Waals surface area contributed by atoms with Gasteiger partial charge in [-0.05, 0) is 24.3 Å². The van der Waals surface area contributed by atoms with Crippen LogP contribution in [0.3, 0.4) is 0 Å². The molecule has 0 unspecified atom stereocenters. The number of hydrogen-bond donors (Lipinski definition) is 2. The normalized spacial score (nSPS) is 10.8. The van der Waals surface area contributed by atoms with E-state index in [-0.39, 0.29) is 22.6 Å². The van der Waals surface area contributed by atoms with Crippen LogP contribution in [0.15, 0.2) is 51.9 Å². The molecule has 1 aromatic heterocycles. The van der Waals surface area contributed by atoms with E-state index in [9.17, 15) is 19.1 Å². The number of rotatable bonds is 2. The molecule has 0 radical (unpaired) electrons. The Bertz CT molecular complexity index is 1030. The summed E-state index contributed by atoms with van der Waals surface area (Å²) >= 11 is 3.33. The third kappa shape index (κ3) is 2.90. The number of benzene rings is 2. The van der Waals surface area contributed by atoms with Crippen LogP contribution >= 0.6 is 15.9 Å². The summed E-state index contributed by atoms with van der Waals surface area (Å²) in [6.07, 6.45) is 1.45. The van der Waals surface area contributed by atoms with E-state index in [1.54, 1.807) is 18.2 Å². The minimum atomic E-state index is -0.688. The molecule has 1 amide bonds. The highest BCUT2D eigenvalue weighted by atomic mass is 79.9. The van der Waals surface area contributed by atoms with Gasteiger partial charge in [0.1, 0.15) is 5.75 Å². The number of phenolic OH excluding ortho intramolecular Hbond substituents is 1. The Balaban J connectivity index is 2.31. The van der Waals surface area contributed by atoms with E-state index in [1.807, 2.05) is 0 Å². The zero-order valence-electron chi connectivity index (χ0n) is 12.5. The number of nitrogens with one attached hydrogen (secondary N) is 1. The minimum Gasteiger partial charge on any atom is -0.506 e. The number of nitrogens with zero attached hydrogens (tertiary/aromatic N) is 1. The van der Waals surface area contributed by atoms with Gasteiger partial charge in [-0.25, -0.2) is 4.39 Å². The van der Waals surface area contributed by atoms with Gasteiger partial charge in [-0.2, -0.15) is 0 Å². The Morgan fingerprint density at radius 3 is 2.71 bits per heavy atom. The van der Waals surface area contributed by atoms with Gasteiger partial charge in [0.05, 0.1) is 16.9 Å². The predicted molar refractivity (Wildman–Crippen MR) is 93.2 cm³/mol. The molecular formula is C17H12BrFN2O3. The fraction of sp³-hybridized carbons (Fsp3) is 0.0588. The maximum Gasteiger partial charge on any atom is 0.221 e. The van der Waals surface area contributed by atoms with E-state index in [2.05, 4.69) is 21.2 Å². The molecule has 7 heteroatoms. The average Bonchev–Trinajstić information content (AvgIpc) is 2.50. The van der Waals surface area contributed by atoms with E-state index < -0.39 is 11.7 Å². The summed E-state index contributed by atoms with van der Waals surface area (Å²) in [6, 6.07) is 8.64.